The average molecular weight is 302 g/mol. The second-order valence-electron chi connectivity index (χ2n) is 4.73. The van der Waals surface area contributed by atoms with E-state index in [1.165, 1.54) is 0 Å². The molecule has 0 saturated heterocycles. The van der Waals surface area contributed by atoms with Gasteiger partial charge in [0.05, 0.1) is 4.92 Å². The zero-order valence-corrected chi connectivity index (χ0v) is 12.1. The number of hydrogen-bond donors (Lipinski definition) is 2. The number of carbonyl (C=O) groups is 1. The molecule has 0 heterocycles. The Morgan fingerprint density at radius 3 is 2.60 bits per heavy atom. The van der Waals surface area contributed by atoms with Gasteiger partial charge in [-0.15, -0.1) is 0 Å². The molecule has 20 heavy (non-hydrogen) atoms. The highest BCUT2D eigenvalue weighted by Gasteiger charge is 2.23. The first-order valence-electron chi connectivity index (χ1n) is 5.68. The molecular weight excluding hydrogens is 287 g/mol. The third-order valence-electron chi connectivity index (χ3n) is 2.77. The Labute approximate surface area is 119 Å². The molecule has 2 N–H and O–H groups in total. The number of rotatable bonds is 6. The standard InChI is InChI=1S/C12H15FN2O4S/c1-12(2,20-3)6-14-9-5-8(13)7(11(16)17)4-10(9)15(18)19/h4-5,14H,6H2,1-3H3,(H,16,17). The summed E-state index contributed by atoms with van der Waals surface area (Å²) in [5.74, 6) is -2.55. The van der Waals surface area contributed by atoms with E-state index in [0.29, 0.717) is 6.54 Å². The Morgan fingerprint density at radius 1 is 1.55 bits per heavy atom. The topological polar surface area (TPSA) is 92.5 Å². The second-order valence-corrected chi connectivity index (χ2v) is 6.24. The summed E-state index contributed by atoms with van der Waals surface area (Å²) in [5, 5.41) is 22.5. The number of nitrogens with zero attached hydrogens (tertiary/aromatic N) is 1. The van der Waals surface area contributed by atoms with E-state index in [-0.39, 0.29) is 10.4 Å². The predicted octanol–water partition coefficient (Wildman–Crippen LogP) is 2.99. The summed E-state index contributed by atoms with van der Waals surface area (Å²) >= 11 is 1.55. The van der Waals surface area contributed by atoms with Gasteiger partial charge in [-0.3, -0.25) is 10.1 Å². The quantitative estimate of drug-likeness (QED) is 0.620. The van der Waals surface area contributed by atoms with Gasteiger partial charge in [0.25, 0.3) is 5.69 Å². The first kappa shape index (κ1) is 16.2. The molecule has 1 aromatic carbocycles. The Morgan fingerprint density at radius 2 is 2.15 bits per heavy atom. The van der Waals surface area contributed by atoms with Gasteiger partial charge in [0, 0.05) is 23.4 Å². The molecule has 0 aliphatic heterocycles. The van der Waals surface area contributed by atoms with Crippen molar-refractivity contribution in [1.82, 2.24) is 0 Å². The minimum Gasteiger partial charge on any atom is -0.478 e. The van der Waals surface area contributed by atoms with Crippen LogP contribution in [0.3, 0.4) is 0 Å². The highest BCUT2D eigenvalue weighted by molar-refractivity contribution is 7.99. The molecule has 0 spiro atoms. The van der Waals surface area contributed by atoms with Gasteiger partial charge in [-0.25, -0.2) is 9.18 Å². The number of nitro groups is 1. The molecule has 0 aliphatic carbocycles. The Bertz CT molecular complexity index is 549. The van der Waals surface area contributed by atoms with E-state index in [4.69, 9.17) is 5.11 Å². The molecule has 0 aliphatic rings. The van der Waals surface area contributed by atoms with Crippen LogP contribution in [0.4, 0.5) is 15.8 Å². The number of benzene rings is 1. The Balaban J connectivity index is 3.16. The zero-order chi connectivity index (χ0) is 15.5. The first-order chi connectivity index (χ1) is 9.18. The molecule has 0 amide bonds. The van der Waals surface area contributed by atoms with Gasteiger partial charge in [-0.1, -0.05) is 0 Å². The maximum atomic E-state index is 13.6. The van der Waals surface area contributed by atoms with Crippen molar-refractivity contribution in [1.29, 1.82) is 0 Å². The van der Waals surface area contributed by atoms with Crippen LogP contribution in [0.2, 0.25) is 0 Å². The van der Waals surface area contributed by atoms with Gasteiger partial charge in [0.1, 0.15) is 17.1 Å². The Kier molecular flexibility index (Phi) is 4.93. The molecule has 0 unspecified atom stereocenters. The summed E-state index contributed by atoms with van der Waals surface area (Å²) in [7, 11) is 0. The molecular formula is C12H15FN2O4S. The van der Waals surface area contributed by atoms with Crippen molar-refractivity contribution in [2.24, 2.45) is 0 Å². The third kappa shape index (κ3) is 3.83. The molecule has 1 rings (SSSR count). The van der Waals surface area contributed by atoms with E-state index in [1.54, 1.807) is 11.8 Å². The molecule has 1 aromatic rings. The molecule has 0 fully saturated rings. The maximum Gasteiger partial charge on any atom is 0.338 e. The summed E-state index contributed by atoms with van der Waals surface area (Å²) < 4.78 is 13.4. The number of thioether (sulfide) groups is 1. The molecule has 0 atom stereocenters. The molecule has 0 radical (unpaired) electrons. The van der Waals surface area contributed by atoms with Crippen molar-refractivity contribution in [3.8, 4) is 0 Å². The van der Waals surface area contributed by atoms with E-state index in [1.807, 2.05) is 20.1 Å². The van der Waals surface area contributed by atoms with Crippen LogP contribution in [0.1, 0.15) is 24.2 Å². The number of hydrogen-bond acceptors (Lipinski definition) is 5. The van der Waals surface area contributed by atoms with E-state index >= 15 is 0 Å². The summed E-state index contributed by atoms with van der Waals surface area (Å²) in [5.41, 5.74) is -1.20. The highest BCUT2D eigenvalue weighted by Crippen LogP contribution is 2.30. The first-order valence-corrected chi connectivity index (χ1v) is 6.90. The second kappa shape index (κ2) is 6.08. The fraction of sp³-hybridized carbons (Fsp3) is 0.417. The lowest BCUT2D eigenvalue weighted by atomic mass is 10.1. The lowest BCUT2D eigenvalue weighted by molar-refractivity contribution is -0.384. The number of nitrogens with one attached hydrogen (secondary N) is 1. The summed E-state index contributed by atoms with van der Waals surface area (Å²) in [6, 6.07) is 1.57. The number of anilines is 1. The number of carboxylic acids is 1. The van der Waals surface area contributed by atoms with E-state index in [0.717, 1.165) is 12.1 Å². The van der Waals surface area contributed by atoms with Crippen molar-refractivity contribution >= 4 is 29.1 Å². The van der Waals surface area contributed by atoms with Crippen molar-refractivity contribution in [2.45, 2.75) is 18.6 Å². The van der Waals surface area contributed by atoms with Crippen molar-refractivity contribution < 1.29 is 19.2 Å². The molecule has 8 heteroatoms. The summed E-state index contributed by atoms with van der Waals surface area (Å²) in [6.45, 7) is 4.23. The van der Waals surface area contributed by atoms with Crippen LogP contribution in [0.25, 0.3) is 0 Å². The molecule has 0 saturated carbocycles. The molecule has 0 aromatic heterocycles. The minimum absolute atomic E-state index is 0.0281. The predicted molar refractivity (Wildman–Crippen MR) is 76.1 cm³/mol. The van der Waals surface area contributed by atoms with E-state index in [2.05, 4.69) is 5.32 Å². The minimum atomic E-state index is -1.54. The number of carboxylic acid groups (broad SMARTS) is 1. The fourth-order valence-electron chi connectivity index (χ4n) is 1.40. The lowest BCUT2D eigenvalue weighted by Crippen LogP contribution is -2.26. The smallest absolute Gasteiger partial charge is 0.338 e. The SMILES string of the molecule is CSC(C)(C)CNc1cc(F)c(C(=O)O)cc1[N+](=O)[O-]. The van der Waals surface area contributed by atoms with Gasteiger partial charge >= 0.3 is 5.97 Å². The number of aromatic carboxylic acids is 1. The largest absolute Gasteiger partial charge is 0.478 e. The normalized spacial score (nSPS) is 11.2. The van der Waals surface area contributed by atoms with Crippen LogP contribution in [0.15, 0.2) is 12.1 Å². The van der Waals surface area contributed by atoms with Crippen molar-refractivity contribution in [3.63, 3.8) is 0 Å². The van der Waals surface area contributed by atoms with E-state index < -0.39 is 28.0 Å². The number of nitro benzene ring substituents is 1. The lowest BCUT2D eigenvalue weighted by Gasteiger charge is -2.22. The van der Waals surface area contributed by atoms with E-state index in [9.17, 15) is 19.3 Å². The van der Waals surface area contributed by atoms with Crippen LogP contribution in [-0.4, -0.2) is 33.5 Å². The van der Waals surface area contributed by atoms with Crippen LogP contribution in [0, 0.1) is 15.9 Å². The number of halogens is 1. The monoisotopic (exact) mass is 302 g/mol. The van der Waals surface area contributed by atoms with Crippen LogP contribution in [-0.2, 0) is 0 Å². The van der Waals surface area contributed by atoms with Crippen LogP contribution in [0.5, 0.6) is 0 Å². The van der Waals surface area contributed by atoms with Gasteiger partial charge in [-0.05, 0) is 20.1 Å². The molecule has 110 valence electrons. The third-order valence-corrected chi connectivity index (χ3v) is 4.02. The Hall–Kier alpha value is -1.83. The zero-order valence-electron chi connectivity index (χ0n) is 11.3. The average Bonchev–Trinajstić information content (AvgIpc) is 2.35. The van der Waals surface area contributed by atoms with Gasteiger partial charge < -0.3 is 10.4 Å². The highest BCUT2D eigenvalue weighted by atomic mass is 32.2. The summed E-state index contributed by atoms with van der Waals surface area (Å²) in [4.78, 5) is 21.0. The molecule has 6 nitrogen and oxygen atoms in total. The fourth-order valence-corrected chi connectivity index (χ4v) is 1.62. The van der Waals surface area contributed by atoms with Gasteiger partial charge in [0.15, 0.2) is 0 Å². The van der Waals surface area contributed by atoms with Crippen LogP contribution < -0.4 is 5.32 Å². The van der Waals surface area contributed by atoms with Gasteiger partial charge in [-0.2, -0.15) is 11.8 Å². The van der Waals surface area contributed by atoms with Crippen molar-refractivity contribution in [2.75, 3.05) is 18.1 Å². The van der Waals surface area contributed by atoms with Crippen molar-refractivity contribution in [3.05, 3.63) is 33.6 Å². The molecule has 0 bridgehead atoms. The van der Waals surface area contributed by atoms with Gasteiger partial charge in [0.2, 0.25) is 0 Å². The summed E-state index contributed by atoms with van der Waals surface area (Å²) in [6.07, 6.45) is 1.89. The van der Waals surface area contributed by atoms with Crippen LogP contribution >= 0.6 is 11.8 Å². The maximum absolute atomic E-state index is 13.6.